The number of pyridine rings is 1. The number of anilines is 1. The maximum atomic E-state index is 13.8. The van der Waals surface area contributed by atoms with Crippen LogP contribution in [0.1, 0.15) is 66.7 Å². The minimum Gasteiger partial charge on any atom is -0.505 e. The number of hydrogen-bond donors (Lipinski definition) is 1. The second-order valence-corrected chi connectivity index (χ2v) is 14.0. The summed E-state index contributed by atoms with van der Waals surface area (Å²) in [6.07, 6.45) is 6.23. The van der Waals surface area contributed by atoms with E-state index < -0.39 is 17.7 Å². The van der Waals surface area contributed by atoms with Crippen LogP contribution >= 0.6 is 34.7 Å². The number of thioether (sulfide) groups is 1. The van der Waals surface area contributed by atoms with E-state index in [-0.39, 0.29) is 22.2 Å². The third-order valence-corrected chi connectivity index (χ3v) is 10.5. The van der Waals surface area contributed by atoms with Gasteiger partial charge < -0.3 is 14.2 Å². The molecule has 5 aromatic rings. The van der Waals surface area contributed by atoms with Crippen molar-refractivity contribution in [3.63, 3.8) is 0 Å². The molecular weight excluding hydrogens is 654 g/mol. The summed E-state index contributed by atoms with van der Waals surface area (Å²) < 4.78 is 8.44. The van der Waals surface area contributed by atoms with Crippen molar-refractivity contribution in [2.75, 3.05) is 11.5 Å². The fraction of sp³-hybridized carbons (Fsp3) is 0.286. The van der Waals surface area contributed by atoms with Gasteiger partial charge in [-0.25, -0.2) is 4.98 Å². The molecule has 1 fully saturated rings. The first kappa shape index (κ1) is 32.7. The molecule has 2 aromatic carbocycles. The van der Waals surface area contributed by atoms with E-state index in [1.165, 1.54) is 34.4 Å². The van der Waals surface area contributed by atoms with Gasteiger partial charge in [-0.15, -0.1) is 10.2 Å². The zero-order valence-corrected chi connectivity index (χ0v) is 28.7. The van der Waals surface area contributed by atoms with E-state index in [4.69, 9.17) is 16.3 Å². The average molecular weight is 688 g/mol. The third-order valence-electron chi connectivity index (χ3n) is 8.09. The van der Waals surface area contributed by atoms with Gasteiger partial charge in [-0.1, -0.05) is 91.2 Å². The van der Waals surface area contributed by atoms with Gasteiger partial charge in [0, 0.05) is 17.0 Å². The highest BCUT2D eigenvalue weighted by atomic mass is 35.5. The zero-order valence-electron chi connectivity index (χ0n) is 26.3. The van der Waals surface area contributed by atoms with Crippen molar-refractivity contribution in [3.8, 4) is 5.75 Å². The number of fused-ring (bicyclic) bond motifs is 1. The van der Waals surface area contributed by atoms with E-state index in [1.54, 1.807) is 0 Å². The number of hydrogen-bond acceptors (Lipinski definition) is 9. The van der Waals surface area contributed by atoms with Crippen LogP contribution in [0.5, 0.6) is 5.75 Å². The molecule has 1 aliphatic heterocycles. The first-order chi connectivity index (χ1) is 22.8. The molecule has 3 aromatic heterocycles. The molecular formula is C35H34ClN5O4S2. The van der Waals surface area contributed by atoms with Crippen LogP contribution < -0.4 is 9.64 Å². The number of ketones is 1. The fourth-order valence-corrected chi connectivity index (χ4v) is 7.52. The van der Waals surface area contributed by atoms with E-state index in [0.717, 1.165) is 30.4 Å². The van der Waals surface area contributed by atoms with E-state index >= 15 is 0 Å². The van der Waals surface area contributed by atoms with Gasteiger partial charge in [0.2, 0.25) is 5.13 Å². The number of aliphatic hydroxyl groups is 1. The molecule has 4 heterocycles. The number of benzene rings is 2. The van der Waals surface area contributed by atoms with Crippen molar-refractivity contribution < 1.29 is 19.4 Å². The summed E-state index contributed by atoms with van der Waals surface area (Å²) >= 11 is 8.71. The van der Waals surface area contributed by atoms with Crippen LogP contribution in [0.4, 0.5) is 5.13 Å². The summed E-state index contributed by atoms with van der Waals surface area (Å²) in [6.45, 7) is 6.52. The molecule has 1 aliphatic rings. The molecule has 0 aliphatic carbocycles. The first-order valence-electron chi connectivity index (χ1n) is 15.5. The van der Waals surface area contributed by atoms with Gasteiger partial charge >= 0.3 is 5.91 Å². The molecule has 1 amide bonds. The number of aromatic nitrogens is 4. The predicted octanol–water partition coefficient (Wildman–Crippen LogP) is 8.33. The smallest absolute Gasteiger partial charge is 0.301 e. The van der Waals surface area contributed by atoms with E-state index in [0.29, 0.717) is 44.4 Å². The lowest BCUT2D eigenvalue weighted by Crippen LogP contribution is -2.29. The maximum Gasteiger partial charge on any atom is 0.301 e. The summed E-state index contributed by atoms with van der Waals surface area (Å²) in [4.78, 5) is 33.6. The van der Waals surface area contributed by atoms with E-state index in [9.17, 15) is 14.7 Å². The number of imidazole rings is 1. The lowest BCUT2D eigenvalue weighted by Gasteiger charge is -2.22. The number of aliphatic hydroxyl groups excluding tert-OH is 1. The van der Waals surface area contributed by atoms with Gasteiger partial charge in [-0.05, 0) is 67.3 Å². The Morgan fingerprint density at radius 1 is 1.02 bits per heavy atom. The predicted molar refractivity (Wildman–Crippen MR) is 186 cm³/mol. The molecule has 47 heavy (non-hydrogen) atoms. The Kier molecular flexibility index (Phi) is 9.95. The fourth-order valence-electron chi connectivity index (χ4n) is 5.57. The lowest BCUT2D eigenvalue weighted by molar-refractivity contribution is -0.132. The number of carbonyl (C=O) groups excluding carboxylic acids is 2. The van der Waals surface area contributed by atoms with Crippen LogP contribution in [0.25, 0.3) is 11.4 Å². The van der Waals surface area contributed by atoms with Gasteiger partial charge in [-0.2, -0.15) is 0 Å². The minimum atomic E-state index is -0.957. The number of rotatable bonds is 12. The van der Waals surface area contributed by atoms with Gasteiger partial charge in [0.1, 0.15) is 17.1 Å². The van der Waals surface area contributed by atoms with Crippen LogP contribution in [0.3, 0.4) is 0 Å². The Bertz CT molecular complexity index is 1950. The molecule has 9 nitrogen and oxygen atoms in total. The van der Waals surface area contributed by atoms with Crippen LogP contribution in [-0.2, 0) is 15.3 Å². The Morgan fingerprint density at radius 3 is 2.51 bits per heavy atom. The lowest BCUT2D eigenvalue weighted by atomic mass is 9.96. The Hall–Kier alpha value is -4.19. The molecule has 6 rings (SSSR count). The Labute approximate surface area is 286 Å². The molecule has 12 heteroatoms. The molecule has 0 spiro atoms. The molecule has 1 N–H and O–H groups in total. The highest BCUT2D eigenvalue weighted by Gasteiger charge is 2.49. The summed E-state index contributed by atoms with van der Waals surface area (Å²) in [7, 11) is 0. The average Bonchev–Trinajstić information content (AvgIpc) is 3.75. The highest BCUT2D eigenvalue weighted by molar-refractivity contribution is 8.00. The van der Waals surface area contributed by atoms with Crippen molar-refractivity contribution in [2.45, 2.75) is 62.6 Å². The molecule has 242 valence electrons. The summed E-state index contributed by atoms with van der Waals surface area (Å²) in [5.74, 6) is -0.640. The zero-order chi connectivity index (χ0) is 33.1. The number of carbonyl (C=O) groups is 2. The Balaban J connectivity index is 1.37. The van der Waals surface area contributed by atoms with Crippen molar-refractivity contribution >= 4 is 62.9 Å². The molecule has 0 radical (unpaired) electrons. The Morgan fingerprint density at radius 2 is 1.79 bits per heavy atom. The number of amides is 1. The van der Waals surface area contributed by atoms with Gasteiger partial charge in [0.15, 0.2) is 10.1 Å². The van der Waals surface area contributed by atoms with Crippen molar-refractivity contribution in [2.24, 2.45) is 0 Å². The molecule has 1 saturated heterocycles. The number of halogens is 1. The van der Waals surface area contributed by atoms with Crippen molar-refractivity contribution in [1.82, 2.24) is 19.6 Å². The second-order valence-electron chi connectivity index (χ2n) is 11.3. The number of ether oxygens (including phenoxy) is 1. The monoisotopic (exact) mass is 687 g/mol. The van der Waals surface area contributed by atoms with Gasteiger partial charge in [-0.3, -0.25) is 14.5 Å². The largest absolute Gasteiger partial charge is 0.505 e. The van der Waals surface area contributed by atoms with Crippen molar-refractivity contribution in [3.05, 3.63) is 106 Å². The number of nitrogens with zero attached hydrogens (tertiary/aromatic N) is 5. The van der Waals surface area contributed by atoms with Crippen LogP contribution in [0.2, 0.25) is 5.02 Å². The normalized spacial score (nSPS) is 16.0. The highest BCUT2D eigenvalue weighted by Crippen LogP contribution is 2.44. The molecule has 0 saturated carbocycles. The number of aryl methyl sites for hydroxylation is 2. The first-order valence-corrected chi connectivity index (χ1v) is 17.6. The topological polar surface area (TPSA) is 110 Å². The van der Waals surface area contributed by atoms with Crippen molar-refractivity contribution in [1.29, 1.82) is 0 Å². The summed E-state index contributed by atoms with van der Waals surface area (Å²) in [5.41, 5.74) is 4.08. The van der Waals surface area contributed by atoms with Crippen LogP contribution in [-0.4, -0.2) is 43.0 Å². The molecule has 0 bridgehead atoms. The number of Topliss-reactive ketones (excluding diaryl/α,β-unsaturated/α-hetero) is 1. The molecule has 1 unspecified atom stereocenters. The molecule has 1 atom stereocenters. The maximum absolute atomic E-state index is 13.8. The standard InChI is InChI=1S/C35H34ClN5O4S2/c1-4-5-6-7-19-45-26-16-12-24(13-17-26)29-27(30(42)28-22(3)40-18-8-9-21(2)32(40)37-28)31(43)33(44)41(29)34-38-39-35(47-34)46-20-23-10-14-25(36)15-11-23/h8-18,29,42H,4-7,19-20H2,1-3H3. The van der Waals surface area contributed by atoms with E-state index in [2.05, 4.69) is 22.1 Å². The van der Waals surface area contributed by atoms with Crippen LogP contribution in [0.15, 0.2) is 76.8 Å². The number of unbranched alkanes of at least 4 members (excludes halogenated alkanes) is 3. The SMILES string of the molecule is CCCCCCOc1ccc(C2C(=C(O)c3nc4c(C)cccn4c3C)C(=O)C(=O)N2c2nnc(SCc3ccc(Cl)cc3)s2)cc1. The summed E-state index contributed by atoms with van der Waals surface area (Å²) in [6, 6.07) is 17.7. The van der Waals surface area contributed by atoms with Gasteiger partial charge in [0.05, 0.1) is 23.9 Å². The van der Waals surface area contributed by atoms with Gasteiger partial charge in [0.25, 0.3) is 5.78 Å². The minimum absolute atomic E-state index is 0.0574. The van der Waals surface area contributed by atoms with Crippen LogP contribution in [0, 0.1) is 13.8 Å². The quantitative estimate of drug-likeness (QED) is 0.0348. The van der Waals surface area contributed by atoms with E-state index in [1.807, 2.05) is 85.1 Å². The second kappa shape index (κ2) is 14.3. The summed E-state index contributed by atoms with van der Waals surface area (Å²) in [5, 5.41) is 21.4. The third kappa shape index (κ3) is 6.79.